The van der Waals surface area contributed by atoms with Crippen LogP contribution in [-0.4, -0.2) is 50.8 Å². The number of nitrogens with zero attached hydrogens (tertiary/aromatic N) is 6. The lowest BCUT2D eigenvalue weighted by Crippen LogP contribution is -2.36. The molecular weight excluding hydrogens is 316 g/mol. The van der Waals surface area contributed by atoms with Crippen molar-refractivity contribution in [1.29, 1.82) is 0 Å². The lowest BCUT2D eigenvalue weighted by atomic mass is 10.1. The van der Waals surface area contributed by atoms with Crippen LogP contribution in [0.5, 0.6) is 0 Å². The van der Waals surface area contributed by atoms with Crippen LogP contribution in [0.15, 0.2) is 30.5 Å². The van der Waals surface area contributed by atoms with Gasteiger partial charge in [-0.2, -0.15) is 9.78 Å². The predicted octanol–water partition coefficient (Wildman–Crippen LogP) is 2.12. The molecule has 1 aliphatic rings. The van der Waals surface area contributed by atoms with E-state index in [0.717, 1.165) is 49.3 Å². The Bertz CT molecular complexity index is 891. The normalized spacial score (nSPS) is 14.9. The minimum atomic E-state index is 0.742. The molecule has 0 aliphatic carbocycles. The van der Waals surface area contributed by atoms with Gasteiger partial charge in [0.25, 0.3) is 0 Å². The van der Waals surface area contributed by atoms with Gasteiger partial charge in [0.05, 0.1) is 19.4 Å². The predicted molar refractivity (Wildman–Crippen MR) is 96.1 cm³/mol. The molecule has 1 aromatic carbocycles. The summed E-state index contributed by atoms with van der Waals surface area (Å²) in [6.45, 7) is 7.50. The molecule has 0 atom stereocenters. The van der Waals surface area contributed by atoms with Crippen molar-refractivity contribution in [3.05, 3.63) is 41.9 Å². The first-order chi connectivity index (χ1) is 12.1. The maximum absolute atomic E-state index is 5.45. The van der Waals surface area contributed by atoms with E-state index in [1.54, 1.807) is 10.9 Å². The van der Waals surface area contributed by atoms with Gasteiger partial charge in [0.15, 0.2) is 11.6 Å². The Morgan fingerprint density at radius 2 is 1.88 bits per heavy atom. The molecule has 0 spiro atoms. The van der Waals surface area contributed by atoms with Gasteiger partial charge in [-0.05, 0) is 37.6 Å². The fourth-order valence-electron chi connectivity index (χ4n) is 3.29. The van der Waals surface area contributed by atoms with E-state index in [1.807, 2.05) is 24.7 Å². The van der Waals surface area contributed by atoms with Crippen LogP contribution in [0, 0.1) is 13.8 Å². The molecule has 3 heterocycles. The molecule has 0 unspecified atom stereocenters. The summed E-state index contributed by atoms with van der Waals surface area (Å²) < 4.78 is 9.10. The Morgan fingerprint density at radius 3 is 2.56 bits per heavy atom. The van der Waals surface area contributed by atoms with Gasteiger partial charge in [-0.25, -0.2) is 4.98 Å². The van der Waals surface area contributed by atoms with E-state index in [0.29, 0.717) is 0 Å². The fourth-order valence-corrected chi connectivity index (χ4v) is 3.29. The van der Waals surface area contributed by atoms with Crippen molar-refractivity contribution >= 4 is 5.69 Å². The quantitative estimate of drug-likeness (QED) is 0.732. The number of hydrogen-bond donors (Lipinski definition) is 0. The number of anilines is 1. The number of morpholine rings is 1. The van der Waals surface area contributed by atoms with Gasteiger partial charge >= 0.3 is 0 Å². The molecule has 25 heavy (non-hydrogen) atoms. The third kappa shape index (κ3) is 2.91. The van der Waals surface area contributed by atoms with E-state index in [1.165, 1.54) is 11.3 Å². The molecule has 0 radical (unpaired) electrons. The van der Waals surface area contributed by atoms with Crippen molar-refractivity contribution in [1.82, 2.24) is 24.5 Å². The van der Waals surface area contributed by atoms with E-state index in [9.17, 15) is 0 Å². The van der Waals surface area contributed by atoms with Crippen LogP contribution in [0.1, 0.15) is 11.4 Å². The Balaban J connectivity index is 1.73. The van der Waals surface area contributed by atoms with Crippen molar-refractivity contribution in [3.63, 3.8) is 0 Å². The van der Waals surface area contributed by atoms with Crippen molar-refractivity contribution in [2.75, 3.05) is 31.2 Å². The average Bonchev–Trinajstić information content (AvgIpc) is 3.21. The molecule has 7 heteroatoms. The van der Waals surface area contributed by atoms with Crippen LogP contribution in [-0.2, 0) is 11.8 Å². The smallest absolute Gasteiger partial charge is 0.165 e. The maximum Gasteiger partial charge on any atom is 0.165 e. The third-order valence-corrected chi connectivity index (χ3v) is 4.53. The maximum atomic E-state index is 5.45. The van der Waals surface area contributed by atoms with Crippen molar-refractivity contribution in [2.24, 2.45) is 7.05 Å². The molecule has 7 nitrogen and oxygen atoms in total. The summed E-state index contributed by atoms with van der Waals surface area (Å²) in [6, 6.07) is 8.41. The molecule has 130 valence electrons. The van der Waals surface area contributed by atoms with Crippen LogP contribution < -0.4 is 4.90 Å². The number of hydrogen-bond acceptors (Lipinski definition) is 5. The van der Waals surface area contributed by atoms with E-state index in [2.05, 4.69) is 45.2 Å². The van der Waals surface area contributed by atoms with Crippen molar-refractivity contribution in [3.8, 4) is 17.2 Å². The van der Waals surface area contributed by atoms with Crippen molar-refractivity contribution in [2.45, 2.75) is 13.8 Å². The summed E-state index contributed by atoms with van der Waals surface area (Å²) in [5, 5.41) is 8.79. The van der Waals surface area contributed by atoms with Gasteiger partial charge in [0.1, 0.15) is 5.82 Å². The van der Waals surface area contributed by atoms with Gasteiger partial charge in [-0.1, -0.05) is 0 Å². The molecule has 0 amide bonds. The van der Waals surface area contributed by atoms with Crippen molar-refractivity contribution < 1.29 is 4.74 Å². The minimum Gasteiger partial charge on any atom is -0.378 e. The molecule has 0 bridgehead atoms. The second kappa shape index (κ2) is 6.33. The number of ether oxygens (including phenoxy) is 1. The van der Waals surface area contributed by atoms with E-state index >= 15 is 0 Å². The first-order valence-corrected chi connectivity index (χ1v) is 8.49. The van der Waals surface area contributed by atoms with Crippen LogP contribution in [0.3, 0.4) is 0 Å². The van der Waals surface area contributed by atoms with Gasteiger partial charge < -0.3 is 9.64 Å². The second-order valence-electron chi connectivity index (χ2n) is 6.31. The minimum absolute atomic E-state index is 0.742. The summed E-state index contributed by atoms with van der Waals surface area (Å²) in [6.07, 6.45) is 1.77. The van der Waals surface area contributed by atoms with Crippen LogP contribution in [0.25, 0.3) is 17.2 Å². The molecule has 1 fully saturated rings. The average molecular weight is 338 g/mol. The highest BCUT2D eigenvalue weighted by Gasteiger charge is 2.17. The highest BCUT2D eigenvalue weighted by molar-refractivity contribution is 5.65. The molecule has 1 saturated heterocycles. The Hall–Kier alpha value is -2.67. The second-order valence-corrected chi connectivity index (χ2v) is 6.31. The van der Waals surface area contributed by atoms with Gasteiger partial charge in [0, 0.05) is 37.5 Å². The van der Waals surface area contributed by atoms with Crippen LogP contribution in [0.4, 0.5) is 5.69 Å². The zero-order valence-corrected chi connectivity index (χ0v) is 14.8. The Kier molecular flexibility index (Phi) is 4.01. The summed E-state index contributed by atoms with van der Waals surface area (Å²) in [5.74, 6) is 2.47. The number of benzene rings is 1. The molecule has 4 rings (SSSR count). The molecule has 0 saturated carbocycles. The molecule has 1 aliphatic heterocycles. The SMILES string of the molecule is Cc1nc(-c2ccc(N3CCOCC3)c(C)c2)n(-c2ccnn2C)n1. The summed E-state index contributed by atoms with van der Waals surface area (Å²) in [5.41, 5.74) is 3.54. The topological polar surface area (TPSA) is 61.0 Å². The van der Waals surface area contributed by atoms with Crippen LogP contribution in [0.2, 0.25) is 0 Å². The summed E-state index contributed by atoms with van der Waals surface area (Å²) >= 11 is 0. The van der Waals surface area contributed by atoms with Gasteiger partial charge in [-0.15, -0.1) is 5.10 Å². The zero-order chi connectivity index (χ0) is 17.4. The van der Waals surface area contributed by atoms with Gasteiger partial charge in [-0.3, -0.25) is 4.68 Å². The van der Waals surface area contributed by atoms with Crippen LogP contribution >= 0.6 is 0 Å². The standard InChI is InChI=1S/C18H22N6O/c1-13-12-15(4-5-16(13)23-8-10-25-11-9-23)18-20-14(2)21-24(18)17-6-7-19-22(17)3/h4-7,12H,8-11H2,1-3H3. The first-order valence-electron chi connectivity index (χ1n) is 8.49. The summed E-state index contributed by atoms with van der Waals surface area (Å²) in [4.78, 5) is 7.01. The molecule has 2 aromatic heterocycles. The monoisotopic (exact) mass is 338 g/mol. The molecular formula is C18H22N6O. The highest BCUT2D eigenvalue weighted by atomic mass is 16.5. The fraction of sp³-hybridized carbons (Fsp3) is 0.389. The zero-order valence-electron chi connectivity index (χ0n) is 14.8. The lowest BCUT2D eigenvalue weighted by Gasteiger charge is -2.30. The largest absolute Gasteiger partial charge is 0.378 e. The Labute approximate surface area is 146 Å². The number of aryl methyl sites for hydroxylation is 3. The molecule has 0 N–H and O–H groups in total. The lowest BCUT2D eigenvalue weighted by molar-refractivity contribution is 0.122. The number of rotatable bonds is 3. The molecule has 3 aromatic rings. The van der Waals surface area contributed by atoms with E-state index < -0.39 is 0 Å². The highest BCUT2D eigenvalue weighted by Crippen LogP contribution is 2.28. The van der Waals surface area contributed by atoms with Gasteiger partial charge in [0.2, 0.25) is 0 Å². The number of aromatic nitrogens is 5. The summed E-state index contributed by atoms with van der Waals surface area (Å²) in [7, 11) is 1.91. The van der Waals surface area contributed by atoms with E-state index in [4.69, 9.17) is 4.74 Å². The third-order valence-electron chi connectivity index (χ3n) is 4.53. The Morgan fingerprint density at radius 1 is 1.08 bits per heavy atom. The van der Waals surface area contributed by atoms with E-state index in [-0.39, 0.29) is 0 Å². The first kappa shape index (κ1) is 15.8.